The van der Waals surface area contributed by atoms with Gasteiger partial charge in [-0.2, -0.15) is 0 Å². The van der Waals surface area contributed by atoms with Crippen LogP contribution in [0, 0.1) is 0 Å². The minimum atomic E-state index is -0.200. The third kappa shape index (κ3) is 5.33. The van der Waals surface area contributed by atoms with E-state index in [4.69, 9.17) is 0 Å². The summed E-state index contributed by atoms with van der Waals surface area (Å²) in [6, 6.07) is 20.9. The average molecular weight is 352 g/mol. The molecule has 1 aliphatic rings. The number of hydrogen-bond acceptors (Lipinski definition) is 2. The number of amides is 2. The zero-order chi connectivity index (χ0) is 18.2. The molecule has 26 heavy (non-hydrogen) atoms. The van der Waals surface area contributed by atoms with Gasteiger partial charge in [0.2, 0.25) is 0 Å². The molecule has 0 heterocycles. The van der Waals surface area contributed by atoms with Crippen LogP contribution in [0.3, 0.4) is 0 Å². The van der Waals surface area contributed by atoms with E-state index in [0.717, 1.165) is 32.1 Å². The number of aliphatic hydroxyl groups is 1. The predicted molar refractivity (Wildman–Crippen MR) is 104 cm³/mol. The van der Waals surface area contributed by atoms with Crippen LogP contribution >= 0.6 is 0 Å². The molecule has 0 unspecified atom stereocenters. The number of hydrogen-bond donors (Lipinski definition) is 3. The molecule has 1 saturated carbocycles. The summed E-state index contributed by atoms with van der Waals surface area (Å²) in [5.74, 6) is 0.266. The zero-order valence-electron chi connectivity index (χ0n) is 15.1. The molecule has 4 nitrogen and oxygen atoms in total. The summed E-state index contributed by atoms with van der Waals surface area (Å²) in [6.45, 7) is 0.621. The van der Waals surface area contributed by atoms with Crippen LogP contribution in [0.15, 0.2) is 60.7 Å². The van der Waals surface area contributed by atoms with Gasteiger partial charge >= 0.3 is 6.03 Å². The fourth-order valence-electron chi connectivity index (χ4n) is 3.68. The van der Waals surface area contributed by atoms with Crippen molar-refractivity contribution in [1.82, 2.24) is 10.6 Å². The Morgan fingerprint density at radius 3 is 2.00 bits per heavy atom. The van der Waals surface area contributed by atoms with E-state index in [1.807, 2.05) is 12.1 Å². The smallest absolute Gasteiger partial charge is 0.315 e. The van der Waals surface area contributed by atoms with Gasteiger partial charge in [0.25, 0.3) is 0 Å². The highest BCUT2D eigenvalue weighted by atomic mass is 16.3. The maximum absolute atomic E-state index is 12.2. The van der Waals surface area contributed by atoms with Crippen molar-refractivity contribution >= 4 is 6.03 Å². The average Bonchev–Trinajstić information content (AvgIpc) is 2.68. The number of carbonyl (C=O) groups is 1. The number of carbonyl (C=O) groups excluding carboxylic acids is 1. The van der Waals surface area contributed by atoms with Gasteiger partial charge in [0, 0.05) is 18.5 Å². The summed E-state index contributed by atoms with van der Waals surface area (Å²) >= 11 is 0. The second-order valence-corrected chi connectivity index (χ2v) is 7.07. The third-order valence-corrected chi connectivity index (χ3v) is 5.15. The third-order valence-electron chi connectivity index (χ3n) is 5.15. The lowest BCUT2D eigenvalue weighted by Crippen LogP contribution is -2.44. The lowest BCUT2D eigenvalue weighted by Gasteiger charge is -2.26. The SMILES string of the molecule is O=C(NCCC(c1ccccc1)c1ccccc1)NC1CCC(O)CC1. The van der Waals surface area contributed by atoms with E-state index < -0.39 is 0 Å². The van der Waals surface area contributed by atoms with Crippen LogP contribution in [-0.4, -0.2) is 29.8 Å². The molecular weight excluding hydrogens is 324 g/mol. The van der Waals surface area contributed by atoms with Gasteiger partial charge < -0.3 is 15.7 Å². The molecule has 1 aliphatic carbocycles. The van der Waals surface area contributed by atoms with E-state index in [1.165, 1.54) is 11.1 Å². The molecule has 2 amide bonds. The zero-order valence-corrected chi connectivity index (χ0v) is 15.1. The molecule has 0 saturated heterocycles. The lowest BCUT2D eigenvalue weighted by molar-refractivity contribution is 0.117. The van der Waals surface area contributed by atoms with Gasteiger partial charge in [0.15, 0.2) is 0 Å². The summed E-state index contributed by atoms with van der Waals surface area (Å²) in [6.07, 6.45) is 3.90. The van der Waals surface area contributed by atoms with Gasteiger partial charge in [-0.25, -0.2) is 4.79 Å². The van der Waals surface area contributed by atoms with E-state index in [1.54, 1.807) is 0 Å². The summed E-state index contributed by atoms with van der Waals surface area (Å²) in [7, 11) is 0. The van der Waals surface area contributed by atoms with E-state index in [-0.39, 0.29) is 24.1 Å². The Hall–Kier alpha value is -2.33. The first kappa shape index (κ1) is 18.5. The maximum Gasteiger partial charge on any atom is 0.315 e. The van der Waals surface area contributed by atoms with Crippen molar-refractivity contribution in [2.45, 2.75) is 50.2 Å². The molecule has 0 radical (unpaired) electrons. The van der Waals surface area contributed by atoms with Crippen LogP contribution in [0.1, 0.15) is 49.1 Å². The number of benzene rings is 2. The molecule has 2 aromatic rings. The van der Waals surface area contributed by atoms with Crippen molar-refractivity contribution in [3.05, 3.63) is 71.8 Å². The molecule has 138 valence electrons. The van der Waals surface area contributed by atoms with Gasteiger partial charge in [-0.05, 0) is 43.2 Å². The first-order valence-corrected chi connectivity index (χ1v) is 9.54. The number of urea groups is 1. The summed E-state index contributed by atoms with van der Waals surface area (Å²) in [5.41, 5.74) is 2.53. The van der Waals surface area contributed by atoms with Crippen molar-refractivity contribution in [2.75, 3.05) is 6.54 Å². The number of nitrogens with one attached hydrogen (secondary N) is 2. The number of rotatable bonds is 6. The van der Waals surface area contributed by atoms with E-state index in [2.05, 4.69) is 59.2 Å². The van der Waals surface area contributed by atoms with Crippen LogP contribution in [0.2, 0.25) is 0 Å². The Labute approximate surface area is 155 Å². The van der Waals surface area contributed by atoms with Crippen LogP contribution in [0.4, 0.5) is 4.79 Å². The fourth-order valence-corrected chi connectivity index (χ4v) is 3.68. The molecule has 3 rings (SSSR count). The normalized spacial score (nSPS) is 19.9. The molecule has 1 fully saturated rings. The predicted octanol–water partition coefficient (Wildman–Crippen LogP) is 3.81. The molecule has 0 aliphatic heterocycles. The molecule has 3 N–H and O–H groups in total. The lowest BCUT2D eigenvalue weighted by atomic mass is 9.88. The van der Waals surface area contributed by atoms with Crippen molar-refractivity contribution in [1.29, 1.82) is 0 Å². The molecule has 0 atom stereocenters. The van der Waals surface area contributed by atoms with Crippen LogP contribution in [0.25, 0.3) is 0 Å². The topological polar surface area (TPSA) is 61.4 Å². The van der Waals surface area contributed by atoms with Gasteiger partial charge in [-0.1, -0.05) is 60.7 Å². The molecule has 2 aromatic carbocycles. The van der Waals surface area contributed by atoms with Gasteiger partial charge in [0.1, 0.15) is 0 Å². The summed E-state index contributed by atoms with van der Waals surface area (Å²) in [5, 5.41) is 15.6. The van der Waals surface area contributed by atoms with E-state index in [0.29, 0.717) is 6.54 Å². The molecule has 0 spiro atoms. The van der Waals surface area contributed by atoms with Crippen molar-refractivity contribution in [3.63, 3.8) is 0 Å². The van der Waals surface area contributed by atoms with Gasteiger partial charge in [-0.3, -0.25) is 0 Å². The van der Waals surface area contributed by atoms with Crippen LogP contribution < -0.4 is 10.6 Å². The Morgan fingerprint density at radius 1 is 0.923 bits per heavy atom. The number of aliphatic hydroxyl groups excluding tert-OH is 1. The van der Waals surface area contributed by atoms with E-state index >= 15 is 0 Å². The van der Waals surface area contributed by atoms with Crippen molar-refractivity contribution in [2.24, 2.45) is 0 Å². The molecular formula is C22H28N2O2. The monoisotopic (exact) mass is 352 g/mol. The van der Waals surface area contributed by atoms with Gasteiger partial charge in [-0.15, -0.1) is 0 Å². The standard InChI is InChI=1S/C22H28N2O2/c25-20-13-11-19(12-14-20)24-22(26)23-16-15-21(17-7-3-1-4-8-17)18-9-5-2-6-10-18/h1-10,19-21,25H,11-16H2,(H2,23,24,26). The highest BCUT2D eigenvalue weighted by molar-refractivity contribution is 5.74. The largest absolute Gasteiger partial charge is 0.393 e. The Bertz CT molecular complexity index is 628. The Morgan fingerprint density at radius 2 is 1.46 bits per heavy atom. The second kappa shape index (κ2) is 9.39. The van der Waals surface area contributed by atoms with E-state index in [9.17, 15) is 9.90 Å². The summed E-state index contributed by atoms with van der Waals surface area (Å²) in [4.78, 5) is 12.2. The Balaban J connectivity index is 1.52. The minimum absolute atomic E-state index is 0.105. The van der Waals surface area contributed by atoms with Crippen molar-refractivity contribution in [3.8, 4) is 0 Å². The quantitative estimate of drug-likeness (QED) is 0.740. The molecule has 0 bridgehead atoms. The summed E-state index contributed by atoms with van der Waals surface area (Å²) < 4.78 is 0. The van der Waals surface area contributed by atoms with Crippen molar-refractivity contribution < 1.29 is 9.90 Å². The van der Waals surface area contributed by atoms with Gasteiger partial charge in [0.05, 0.1) is 6.10 Å². The maximum atomic E-state index is 12.2. The highest BCUT2D eigenvalue weighted by Crippen LogP contribution is 2.27. The second-order valence-electron chi connectivity index (χ2n) is 7.07. The van der Waals surface area contributed by atoms with Crippen LogP contribution in [0.5, 0.6) is 0 Å². The first-order chi connectivity index (χ1) is 12.7. The minimum Gasteiger partial charge on any atom is -0.393 e. The van der Waals surface area contributed by atoms with Crippen LogP contribution in [-0.2, 0) is 0 Å². The highest BCUT2D eigenvalue weighted by Gasteiger charge is 2.21. The first-order valence-electron chi connectivity index (χ1n) is 9.54. The molecule has 0 aromatic heterocycles. The Kier molecular flexibility index (Phi) is 6.67. The molecule has 4 heteroatoms. The fraction of sp³-hybridized carbons (Fsp3) is 0.409.